The predicted octanol–water partition coefficient (Wildman–Crippen LogP) is 0.501. The first-order valence-corrected chi connectivity index (χ1v) is 3.62. The second-order valence-corrected chi connectivity index (χ2v) is 2.49. The third kappa shape index (κ3) is 2.18. The van der Waals surface area contributed by atoms with Crippen molar-refractivity contribution in [2.45, 2.75) is 6.18 Å². The first-order valence-electron chi connectivity index (χ1n) is 3.62. The molecule has 84 valence electrons. The molecule has 1 amide bonds. The molecule has 1 aromatic heterocycles. The molecule has 1 rings (SSSR count). The van der Waals surface area contributed by atoms with Crippen molar-refractivity contribution < 1.29 is 22.8 Å². The average molecular weight is 224 g/mol. The van der Waals surface area contributed by atoms with Gasteiger partial charge in [0.05, 0.1) is 7.11 Å². The zero-order valence-electron chi connectivity index (χ0n) is 7.47. The van der Waals surface area contributed by atoms with Gasteiger partial charge in [-0.05, 0) is 0 Å². The maximum Gasteiger partial charge on any atom is 0.434 e. The van der Waals surface area contributed by atoms with Gasteiger partial charge >= 0.3 is 6.18 Å². The number of nitrogens with two attached hydrogens (primary N) is 1. The van der Waals surface area contributed by atoms with Crippen LogP contribution < -0.4 is 11.2 Å². The monoisotopic (exact) mass is 224 g/mol. The number of carbonyl (C=O) groups is 1. The van der Waals surface area contributed by atoms with Gasteiger partial charge in [0, 0.05) is 0 Å². The third-order valence-corrected chi connectivity index (χ3v) is 1.49. The molecule has 0 saturated heterocycles. The minimum atomic E-state index is -4.68. The Kier molecular flexibility index (Phi) is 2.84. The van der Waals surface area contributed by atoms with Crippen LogP contribution in [-0.2, 0) is 11.0 Å². The summed E-state index contributed by atoms with van der Waals surface area (Å²) in [6, 6.07) is 0. The summed E-state index contributed by atoms with van der Waals surface area (Å²) in [5, 5.41) is 4.80. The van der Waals surface area contributed by atoms with Gasteiger partial charge in [0.1, 0.15) is 5.69 Å². The summed E-state index contributed by atoms with van der Waals surface area (Å²) in [7, 11) is 1.10. The van der Waals surface area contributed by atoms with Crippen LogP contribution in [0.3, 0.4) is 0 Å². The number of anilines is 1. The second-order valence-electron chi connectivity index (χ2n) is 2.49. The van der Waals surface area contributed by atoms with E-state index >= 15 is 0 Å². The number of aromatic amines is 1. The van der Waals surface area contributed by atoms with Gasteiger partial charge in [-0.3, -0.25) is 20.2 Å². The van der Waals surface area contributed by atoms with Gasteiger partial charge in [-0.2, -0.15) is 18.3 Å². The van der Waals surface area contributed by atoms with Crippen molar-refractivity contribution in [2.75, 3.05) is 12.6 Å². The van der Waals surface area contributed by atoms with E-state index in [1.54, 1.807) is 5.10 Å². The molecular weight excluding hydrogens is 217 g/mol. The molecule has 0 radical (unpaired) electrons. The number of hydrogen-bond donors (Lipinski definition) is 3. The topological polar surface area (TPSA) is 93.0 Å². The molecule has 4 N–H and O–H groups in total. The number of hydrogen-bond acceptors (Lipinski definition) is 4. The number of primary amides is 1. The summed E-state index contributed by atoms with van der Waals surface area (Å²) in [5.74, 6) is -1.10. The molecule has 0 bridgehead atoms. The lowest BCUT2D eigenvalue weighted by molar-refractivity contribution is -0.140. The summed E-state index contributed by atoms with van der Waals surface area (Å²) in [5.41, 5.74) is 4.30. The average Bonchev–Trinajstić information content (AvgIpc) is 2.47. The fraction of sp³-hybridized carbons (Fsp3) is 0.333. The Labute approximate surface area is 81.5 Å². The van der Waals surface area contributed by atoms with Crippen LogP contribution in [0.2, 0.25) is 0 Å². The maximum atomic E-state index is 12.3. The Bertz CT molecular complexity index is 373. The highest BCUT2D eigenvalue weighted by atomic mass is 19.4. The molecule has 1 aromatic rings. The van der Waals surface area contributed by atoms with Gasteiger partial charge in [0.25, 0.3) is 5.91 Å². The van der Waals surface area contributed by atoms with Crippen molar-refractivity contribution in [3.05, 3.63) is 11.4 Å². The molecule has 0 unspecified atom stereocenters. The SMILES string of the molecule is CONc1c(C(N)=O)n[nH]c1C(F)(F)F. The molecule has 0 saturated carbocycles. The summed E-state index contributed by atoms with van der Waals surface area (Å²) in [6.45, 7) is 0. The number of nitrogens with one attached hydrogen (secondary N) is 2. The van der Waals surface area contributed by atoms with Crippen LogP contribution in [0.4, 0.5) is 18.9 Å². The van der Waals surface area contributed by atoms with Crippen molar-refractivity contribution in [3.8, 4) is 0 Å². The summed E-state index contributed by atoms with van der Waals surface area (Å²) in [4.78, 5) is 15.0. The van der Waals surface area contributed by atoms with E-state index in [1.807, 2.05) is 5.48 Å². The number of aromatic nitrogens is 2. The molecule has 1 heterocycles. The number of rotatable bonds is 3. The minimum Gasteiger partial charge on any atom is -0.364 e. The Balaban J connectivity index is 3.24. The van der Waals surface area contributed by atoms with Gasteiger partial charge < -0.3 is 5.73 Å². The lowest BCUT2D eigenvalue weighted by Gasteiger charge is -2.07. The second kappa shape index (κ2) is 3.77. The lowest BCUT2D eigenvalue weighted by Crippen LogP contribution is -2.15. The number of nitrogens with zero attached hydrogens (tertiary/aromatic N) is 1. The maximum absolute atomic E-state index is 12.3. The molecule has 0 aliphatic heterocycles. The van der Waals surface area contributed by atoms with Crippen molar-refractivity contribution >= 4 is 11.6 Å². The fourth-order valence-corrected chi connectivity index (χ4v) is 0.927. The summed E-state index contributed by atoms with van der Waals surface area (Å²) < 4.78 is 37.0. The van der Waals surface area contributed by atoms with Crippen LogP contribution in [-0.4, -0.2) is 23.2 Å². The lowest BCUT2D eigenvalue weighted by atomic mass is 10.3. The van der Waals surface area contributed by atoms with E-state index in [0.29, 0.717) is 0 Å². The van der Waals surface area contributed by atoms with Crippen LogP contribution in [0.1, 0.15) is 16.2 Å². The predicted molar refractivity (Wildman–Crippen MR) is 42.7 cm³/mol. The highest BCUT2D eigenvalue weighted by Crippen LogP contribution is 2.34. The van der Waals surface area contributed by atoms with Gasteiger partial charge in [-0.1, -0.05) is 0 Å². The number of carbonyl (C=O) groups excluding carboxylic acids is 1. The molecule has 0 aliphatic carbocycles. The minimum absolute atomic E-state index is 0.566. The third-order valence-electron chi connectivity index (χ3n) is 1.49. The molecular formula is C6H7F3N4O2. The van der Waals surface area contributed by atoms with E-state index in [2.05, 4.69) is 9.94 Å². The van der Waals surface area contributed by atoms with Gasteiger partial charge in [0.15, 0.2) is 11.4 Å². The number of alkyl halides is 3. The van der Waals surface area contributed by atoms with Gasteiger partial charge in [-0.25, -0.2) is 0 Å². The Hall–Kier alpha value is -1.77. The molecule has 0 aromatic carbocycles. The van der Waals surface area contributed by atoms with Crippen LogP contribution >= 0.6 is 0 Å². The Morgan fingerprint density at radius 2 is 2.20 bits per heavy atom. The molecule has 0 fully saturated rings. The first kappa shape index (κ1) is 11.3. The van der Waals surface area contributed by atoms with Crippen molar-refractivity contribution in [1.29, 1.82) is 0 Å². The summed E-state index contributed by atoms with van der Waals surface area (Å²) >= 11 is 0. The van der Waals surface area contributed by atoms with E-state index in [4.69, 9.17) is 5.73 Å². The van der Waals surface area contributed by atoms with Gasteiger partial charge in [-0.15, -0.1) is 0 Å². The standard InChI is InChI=1S/C6H7F3N4O2/c1-15-13-2-3(5(10)14)11-12-4(2)6(7,8)9/h13H,1H3,(H2,10,14)(H,11,12). The van der Waals surface area contributed by atoms with Crippen molar-refractivity contribution in [2.24, 2.45) is 5.73 Å². The molecule has 9 heteroatoms. The molecule has 0 spiro atoms. The number of amides is 1. The fourth-order valence-electron chi connectivity index (χ4n) is 0.927. The number of halogens is 3. The Morgan fingerprint density at radius 1 is 1.60 bits per heavy atom. The number of H-pyrrole nitrogens is 1. The molecule has 0 atom stereocenters. The first-order chi connectivity index (χ1) is 6.88. The van der Waals surface area contributed by atoms with Crippen molar-refractivity contribution in [1.82, 2.24) is 10.2 Å². The van der Waals surface area contributed by atoms with Crippen LogP contribution in [0.15, 0.2) is 0 Å². The smallest absolute Gasteiger partial charge is 0.364 e. The van der Waals surface area contributed by atoms with E-state index in [0.717, 1.165) is 7.11 Å². The molecule has 6 nitrogen and oxygen atoms in total. The van der Waals surface area contributed by atoms with E-state index < -0.39 is 29.2 Å². The molecule has 15 heavy (non-hydrogen) atoms. The van der Waals surface area contributed by atoms with E-state index in [9.17, 15) is 18.0 Å². The zero-order chi connectivity index (χ0) is 11.6. The normalized spacial score (nSPS) is 11.5. The van der Waals surface area contributed by atoms with Crippen LogP contribution in [0.5, 0.6) is 0 Å². The quantitative estimate of drug-likeness (QED) is 0.652. The Morgan fingerprint density at radius 3 is 2.60 bits per heavy atom. The zero-order valence-corrected chi connectivity index (χ0v) is 7.47. The van der Waals surface area contributed by atoms with E-state index in [1.165, 1.54) is 0 Å². The highest BCUT2D eigenvalue weighted by Gasteiger charge is 2.38. The largest absolute Gasteiger partial charge is 0.434 e. The molecule has 0 aliphatic rings. The van der Waals surface area contributed by atoms with Crippen LogP contribution in [0.25, 0.3) is 0 Å². The summed E-state index contributed by atoms with van der Waals surface area (Å²) in [6.07, 6.45) is -4.68. The van der Waals surface area contributed by atoms with E-state index in [-0.39, 0.29) is 0 Å². The highest BCUT2D eigenvalue weighted by molar-refractivity contribution is 5.96. The van der Waals surface area contributed by atoms with Crippen molar-refractivity contribution in [3.63, 3.8) is 0 Å². The van der Waals surface area contributed by atoms with Crippen LogP contribution in [0, 0.1) is 0 Å². The van der Waals surface area contributed by atoms with Gasteiger partial charge in [0.2, 0.25) is 0 Å².